The van der Waals surface area contributed by atoms with Gasteiger partial charge in [0.15, 0.2) is 5.13 Å². The Kier molecular flexibility index (Phi) is 7.12. The minimum atomic E-state index is 0.0522. The number of hydrogen-bond acceptors (Lipinski definition) is 5. The Morgan fingerprint density at radius 3 is 2.61 bits per heavy atom. The molecule has 0 fully saturated rings. The van der Waals surface area contributed by atoms with Gasteiger partial charge in [-0.25, -0.2) is 4.98 Å². The molecular weight excluding hydrogens is 448 g/mol. The van der Waals surface area contributed by atoms with E-state index in [-0.39, 0.29) is 5.91 Å². The number of nitrogens with zero attached hydrogens (tertiary/aromatic N) is 2. The summed E-state index contributed by atoms with van der Waals surface area (Å²) in [5.74, 6) is 1.49. The topological polar surface area (TPSA) is 42.4 Å². The lowest BCUT2D eigenvalue weighted by Crippen LogP contribution is -2.30. The number of rotatable bonds is 8. The monoisotopic (exact) mass is 468 g/mol. The predicted molar refractivity (Wildman–Crippen MR) is 131 cm³/mol. The molecule has 158 valence electrons. The highest BCUT2D eigenvalue weighted by Gasteiger charge is 2.20. The molecule has 0 bridgehead atoms. The number of halogens is 1. The first-order chi connectivity index (χ1) is 15.1. The van der Waals surface area contributed by atoms with Crippen molar-refractivity contribution in [3.05, 3.63) is 83.4 Å². The maximum atomic E-state index is 13.2. The number of benzene rings is 3. The van der Waals surface area contributed by atoms with Crippen LogP contribution >= 0.6 is 34.7 Å². The van der Waals surface area contributed by atoms with Gasteiger partial charge in [-0.2, -0.15) is 0 Å². The van der Waals surface area contributed by atoms with Crippen LogP contribution in [0, 0.1) is 0 Å². The van der Waals surface area contributed by atoms with Crippen molar-refractivity contribution in [3.63, 3.8) is 0 Å². The minimum absolute atomic E-state index is 0.0522. The van der Waals surface area contributed by atoms with Crippen molar-refractivity contribution in [3.8, 4) is 5.75 Å². The molecule has 0 N–H and O–H groups in total. The summed E-state index contributed by atoms with van der Waals surface area (Å²) in [5.41, 5.74) is 1.90. The predicted octanol–water partition coefficient (Wildman–Crippen LogP) is 6.67. The van der Waals surface area contributed by atoms with E-state index < -0.39 is 0 Å². The van der Waals surface area contributed by atoms with Gasteiger partial charge in [-0.1, -0.05) is 53.3 Å². The van der Waals surface area contributed by atoms with Gasteiger partial charge in [0, 0.05) is 28.2 Å². The highest BCUT2D eigenvalue weighted by atomic mass is 35.5. The molecule has 0 saturated heterocycles. The Bertz CT molecular complexity index is 1160. The van der Waals surface area contributed by atoms with Gasteiger partial charge in [0.05, 0.1) is 23.9 Å². The molecular formula is C24H21ClN2O2S2. The third-order valence-corrected chi connectivity index (χ3v) is 7.02. The Balaban J connectivity index is 1.53. The third kappa shape index (κ3) is 5.58. The highest BCUT2D eigenvalue weighted by molar-refractivity contribution is 7.99. The van der Waals surface area contributed by atoms with E-state index >= 15 is 0 Å². The largest absolute Gasteiger partial charge is 0.497 e. The molecule has 1 aromatic heterocycles. The smallest absolute Gasteiger partial charge is 0.229 e. The van der Waals surface area contributed by atoms with Crippen molar-refractivity contribution in [2.75, 3.05) is 17.8 Å². The number of fused-ring (bicyclic) bond motifs is 1. The Morgan fingerprint density at radius 2 is 1.87 bits per heavy atom. The van der Waals surface area contributed by atoms with Gasteiger partial charge in [0.25, 0.3) is 0 Å². The molecule has 0 aliphatic heterocycles. The van der Waals surface area contributed by atoms with E-state index in [1.165, 1.54) is 11.3 Å². The van der Waals surface area contributed by atoms with E-state index in [4.69, 9.17) is 21.3 Å². The maximum Gasteiger partial charge on any atom is 0.229 e. The molecule has 31 heavy (non-hydrogen) atoms. The molecule has 0 radical (unpaired) electrons. The summed E-state index contributed by atoms with van der Waals surface area (Å²) in [5, 5.41) is 1.41. The number of anilines is 1. The van der Waals surface area contributed by atoms with Crippen LogP contribution in [-0.2, 0) is 11.3 Å². The number of thioether (sulfide) groups is 1. The maximum absolute atomic E-state index is 13.2. The highest BCUT2D eigenvalue weighted by Crippen LogP contribution is 2.32. The molecule has 4 rings (SSSR count). The van der Waals surface area contributed by atoms with Crippen molar-refractivity contribution in [2.24, 2.45) is 0 Å². The SMILES string of the molecule is COc1ccc2sc(N(Cc3ccccc3)C(=O)CCSc3ccc(Cl)cc3)nc2c1. The number of carbonyl (C=O) groups excluding carboxylic acids is 1. The second-order valence-corrected chi connectivity index (χ2v) is 9.46. The summed E-state index contributed by atoms with van der Waals surface area (Å²) < 4.78 is 6.34. The van der Waals surface area contributed by atoms with E-state index in [1.54, 1.807) is 23.8 Å². The molecule has 4 nitrogen and oxygen atoms in total. The second kappa shape index (κ2) is 10.2. The van der Waals surface area contributed by atoms with Gasteiger partial charge in [-0.3, -0.25) is 9.69 Å². The van der Waals surface area contributed by atoms with Crippen molar-refractivity contribution in [1.82, 2.24) is 4.98 Å². The molecule has 0 aliphatic carbocycles. The average Bonchev–Trinajstić information content (AvgIpc) is 3.22. The Hall–Kier alpha value is -2.54. The molecule has 3 aromatic carbocycles. The summed E-state index contributed by atoms with van der Waals surface area (Å²) >= 11 is 9.12. The number of thiazole rings is 1. The zero-order chi connectivity index (χ0) is 21.6. The Labute approximate surface area is 194 Å². The van der Waals surface area contributed by atoms with E-state index in [2.05, 4.69) is 0 Å². The lowest BCUT2D eigenvalue weighted by Gasteiger charge is -2.20. The first-order valence-corrected chi connectivity index (χ1v) is 12.0. The summed E-state index contributed by atoms with van der Waals surface area (Å²) in [6, 6.07) is 23.5. The third-order valence-electron chi connectivity index (χ3n) is 4.70. The summed E-state index contributed by atoms with van der Waals surface area (Å²) in [6.07, 6.45) is 0.416. The molecule has 0 atom stereocenters. The summed E-state index contributed by atoms with van der Waals surface area (Å²) in [6.45, 7) is 0.488. The lowest BCUT2D eigenvalue weighted by molar-refractivity contribution is -0.118. The van der Waals surface area contributed by atoms with Gasteiger partial charge < -0.3 is 4.74 Å². The first-order valence-electron chi connectivity index (χ1n) is 9.79. The quantitative estimate of drug-likeness (QED) is 0.271. The van der Waals surface area contributed by atoms with Crippen molar-refractivity contribution in [1.29, 1.82) is 0 Å². The van der Waals surface area contributed by atoms with Crippen LogP contribution in [0.1, 0.15) is 12.0 Å². The molecule has 0 spiro atoms. The van der Waals surface area contributed by atoms with Crippen LogP contribution < -0.4 is 9.64 Å². The molecule has 7 heteroatoms. The number of methoxy groups -OCH3 is 1. The average molecular weight is 469 g/mol. The van der Waals surface area contributed by atoms with Crippen molar-refractivity contribution in [2.45, 2.75) is 17.9 Å². The van der Waals surface area contributed by atoms with Gasteiger partial charge in [0.1, 0.15) is 5.75 Å². The number of hydrogen-bond donors (Lipinski definition) is 0. The normalized spacial score (nSPS) is 10.9. The van der Waals surface area contributed by atoms with Crippen LogP contribution in [0.3, 0.4) is 0 Å². The zero-order valence-electron chi connectivity index (χ0n) is 17.0. The van der Waals surface area contributed by atoms with Crippen LogP contribution in [0.25, 0.3) is 10.2 Å². The first kappa shape index (κ1) is 21.7. The standard InChI is InChI=1S/C24H21ClN2O2S2/c1-29-19-9-12-22-21(15-19)26-24(31-22)27(16-17-5-3-2-4-6-17)23(28)13-14-30-20-10-7-18(25)8-11-20/h2-12,15H,13-14,16H2,1H3. The fraction of sp³-hybridized carbons (Fsp3) is 0.167. The van der Waals surface area contributed by atoms with Gasteiger partial charge in [-0.05, 0) is 42.0 Å². The van der Waals surface area contributed by atoms with Gasteiger partial charge in [0.2, 0.25) is 5.91 Å². The minimum Gasteiger partial charge on any atom is -0.497 e. The molecule has 1 heterocycles. The number of amides is 1. The second-order valence-electron chi connectivity index (χ2n) is 6.85. The summed E-state index contributed by atoms with van der Waals surface area (Å²) in [7, 11) is 1.64. The van der Waals surface area contributed by atoms with Crippen LogP contribution in [0.2, 0.25) is 5.02 Å². The number of ether oxygens (including phenoxy) is 1. The molecule has 4 aromatic rings. The van der Waals surface area contributed by atoms with Crippen LogP contribution in [-0.4, -0.2) is 23.8 Å². The van der Waals surface area contributed by atoms with E-state index in [1.807, 2.05) is 72.8 Å². The molecule has 0 aliphatic rings. The van der Waals surface area contributed by atoms with Crippen LogP contribution in [0.5, 0.6) is 5.75 Å². The zero-order valence-corrected chi connectivity index (χ0v) is 19.3. The van der Waals surface area contributed by atoms with Crippen molar-refractivity contribution < 1.29 is 9.53 Å². The summed E-state index contributed by atoms with van der Waals surface area (Å²) in [4.78, 5) is 20.8. The van der Waals surface area contributed by atoms with E-state index in [0.717, 1.165) is 26.4 Å². The van der Waals surface area contributed by atoms with Crippen LogP contribution in [0.4, 0.5) is 5.13 Å². The fourth-order valence-electron chi connectivity index (χ4n) is 3.09. The van der Waals surface area contributed by atoms with Crippen molar-refractivity contribution >= 4 is 56.0 Å². The van der Waals surface area contributed by atoms with E-state index in [0.29, 0.717) is 28.9 Å². The number of carbonyl (C=O) groups is 1. The Morgan fingerprint density at radius 1 is 1.10 bits per heavy atom. The molecule has 0 unspecified atom stereocenters. The van der Waals surface area contributed by atoms with Gasteiger partial charge >= 0.3 is 0 Å². The molecule has 0 saturated carbocycles. The lowest BCUT2D eigenvalue weighted by atomic mass is 10.2. The van der Waals surface area contributed by atoms with Crippen LogP contribution in [0.15, 0.2) is 77.7 Å². The number of aromatic nitrogens is 1. The van der Waals surface area contributed by atoms with E-state index in [9.17, 15) is 4.79 Å². The fourth-order valence-corrected chi connectivity index (χ4v) is 5.02. The van der Waals surface area contributed by atoms with Gasteiger partial charge in [-0.15, -0.1) is 11.8 Å². The molecule has 1 amide bonds.